The number of rotatable bonds is 10. The number of hydrogen-bond acceptors (Lipinski definition) is 8. The monoisotopic (exact) mass is 1330 g/mol. The second-order valence-electron chi connectivity index (χ2n) is 24.2. The molecule has 14 heteroatoms. The number of hydrogen-bond donors (Lipinski definition) is 0. The maximum absolute atomic E-state index is 6.72. The third-order valence-corrected chi connectivity index (χ3v) is 19.3. The van der Waals surface area contributed by atoms with Crippen LogP contribution in [-0.4, -0.2) is 44.9 Å². The Morgan fingerprint density at radius 3 is 1.42 bits per heavy atom. The molecule has 0 aliphatic carbocycles. The smallest absolute Gasteiger partial charge is 0.260 e. The Bertz CT molecular complexity index is 6160. The van der Waals surface area contributed by atoms with Gasteiger partial charge in [-0.05, 0) is 203 Å². The number of aromatic nitrogens is 8. The summed E-state index contributed by atoms with van der Waals surface area (Å²) in [6.07, 6.45) is 3.66. The molecule has 12 nitrogen and oxygen atoms in total. The van der Waals surface area contributed by atoms with Gasteiger partial charge in [0, 0.05) is 61.9 Å². The van der Waals surface area contributed by atoms with Gasteiger partial charge in [-0.25, -0.2) is 19.9 Å². The van der Waals surface area contributed by atoms with Crippen LogP contribution >= 0.6 is 15.9 Å². The minimum atomic E-state index is -0.118. The predicted octanol–water partition coefficient (Wildman–Crippen LogP) is 19.4. The van der Waals surface area contributed by atoms with Gasteiger partial charge in [-0.2, -0.15) is 0 Å². The van der Waals surface area contributed by atoms with Crippen LogP contribution in [0.15, 0.2) is 320 Å². The lowest BCUT2D eigenvalue weighted by Gasteiger charge is -2.33. The van der Waals surface area contributed by atoms with E-state index in [1.54, 1.807) is 0 Å². The summed E-state index contributed by atoms with van der Waals surface area (Å²) < 4.78 is 35.8. The van der Waals surface area contributed by atoms with E-state index in [1.807, 2.05) is 158 Å². The molecule has 2 aliphatic rings. The molecule has 8 heterocycles. The molecule has 462 valence electrons. The number of para-hydroxylation sites is 8. The van der Waals surface area contributed by atoms with E-state index < -0.39 is 0 Å². The van der Waals surface area contributed by atoms with E-state index in [0.717, 1.165) is 161 Å². The minimum Gasteiger partial charge on any atom is -0.458 e. The molecule has 0 radical (unpaired) electrons. The van der Waals surface area contributed by atoms with Crippen LogP contribution in [0.5, 0.6) is 46.0 Å². The van der Waals surface area contributed by atoms with Crippen molar-refractivity contribution in [2.75, 3.05) is 0 Å². The summed E-state index contributed by atoms with van der Waals surface area (Å²) in [5, 5.41) is 4.50. The molecular weight excluding hydrogens is 1280 g/mol. The number of fused-ring (bicyclic) bond motifs is 12. The average molecular weight is 1330 g/mol. The van der Waals surface area contributed by atoms with E-state index in [-0.39, 0.29) is 6.71 Å². The molecule has 0 saturated carbocycles. The van der Waals surface area contributed by atoms with Crippen molar-refractivity contribution in [1.82, 2.24) is 38.2 Å². The summed E-state index contributed by atoms with van der Waals surface area (Å²) >= 11 is 3.75. The molecule has 0 fully saturated rings. The summed E-state index contributed by atoms with van der Waals surface area (Å²) in [5.41, 5.74) is 15.7. The van der Waals surface area contributed by atoms with E-state index >= 15 is 0 Å². The lowest BCUT2D eigenvalue weighted by molar-refractivity contribution is 0.455. The zero-order chi connectivity index (χ0) is 64.8. The fourth-order valence-corrected chi connectivity index (χ4v) is 14.6. The fraction of sp³-hybridized carbons (Fsp3) is 0. The molecule has 12 aromatic carbocycles. The van der Waals surface area contributed by atoms with Crippen LogP contribution in [0.4, 0.5) is 0 Å². The highest BCUT2D eigenvalue weighted by molar-refractivity contribution is 9.10. The Morgan fingerprint density at radius 2 is 0.806 bits per heavy atom. The van der Waals surface area contributed by atoms with Gasteiger partial charge in [0.25, 0.3) is 6.71 Å². The van der Waals surface area contributed by atoms with Crippen molar-refractivity contribution in [3.8, 4) is 91.8 Å². The Balaban J connectivity index is 0.000000137. The topological polar surface area (TPSA) is 108 Å². The molecule has 0 spiro atoms. The maximum atomic E-state index is 6.72. The number of halogens is 1. The van der Waals surface area contributed by atoms with Gasteiger partial charge in [-0.1, -0.05) is 127 Å². The van der Waals surface area contributed by atoms with Gasteiger partial charge < -0.3 is 18.9 Å². The first kappa shape index (κ1) is 56.7. The number of pyridine rings is 2. The van der Waals surface area contributed by atoms with Gasteiger partial charge in [-0.15, -0.1) is 0 Å². The van der Waals surface area contributed by atoms with E-state index in [4.69, 9.17) is 33.9 Å². The van der Waals surface area contributed by atoms with Crippen LogP contribution in [0.3, 0.4) is 0 Å². The molecule has 0 unspecified atom stereocenters. The minimum absolute atomic E-state index is 0.118. The van der Waals surface area contributed by atoms with E-state index in [9.17, 15) is 0 Å². The lowest BCUT2D eigenvalue weighted by atomic mass is 9.34. The van der Waals surface area contributed by atoms with Crippen LogP contribution in [0.2, 0.25) is 0 Å². The molecule has 0 N–H and O–H groups in total. The first-order valence-electron chi connectivity index (χ1n) is 32.4. The lowest BCUT2D eigenvalue weighted by Crippen LogP contribution is -2.57. The number of nitrogens with zero attached hydrogens (tertiary/aromatic N) is 8. The second kappa shape index (κ2) is 23.3. The van der Waals surface area contributed by atoms with E-state index in [0.29, 0.717) is 17.2 Å². The summed E-state index contributed by atoms with van der Waals surface area (Å²) in [4.78, 5) is 19.6. The van der Waals surface area contributed by atoms with Gasteiger partial charge in [0.2, 0.25) is 0 Å². The zero-order valence-electron chi connectivity index (χ0n) is 52.2. The van der Waals surface area contributed by atoms with Crippen molar-refractivity contribution in [1.29, 1.82) is 0 Å². The highest BCUT2D eigenvalue weighted by Gasteiger charge is 2.41. The van der Waals surface area contributed by atoms with Crippen molar-refractivity contribution in [2.45, 2.75) is 0 Å². The van der Waals surface area contributed by atoms with Crippen molar-refractivity contribution in [2.24, 2.45) is 0 Å². The standard InChI is InChI=1S/C42H25BN4O2.C42H27BrN4O2/c1-2-11-27(12-3-1)46-34-16-7-5-14-32(34)45-42(46)26-20-21-36-30(23-26)43-31-25-35-29(24-39(31)49-38-18-10-17-37(48-36)41(38)43)28-13-4-6-15-33(28)47(35)40-19-8-9-22-44-40;43-41-38(48-30-22-20-28(21-23-30)42-45-34-14-5-7-16-37(34)46(42)29-11-2-1-3-12-29)17-10-18-39(41)49-31-24-25-36-33(27-31)32-13-4-6-15-35(32)47(36)40-19-8-9-26-44-40/h1-25H;1-27H. The van der Waals surface area contributed by atoms with Crippen LogP contribution in [0, 0.1) is 0 Å². The predicted molar refractivity (Wildman–Crippen MR) is 396 cm³/mol. The zero-order valence-corrected chi connectivity index (χ0v) is 53.8. The molecule has 6 aromatic heterocycles. The molecule has 98 heavy (non-hydrogen) atoms. The highest BCUT2D eigenvalue weighted by Crippen LogP contribution is 2.44. The number of imidazole rings is 2. The second-order valence-corrected chi connectivity index (χ2v) is 25.0. The van der Waals surface area contributed by atoms with Crippen molar-refractivity contribution < 1.29 is 18.9 Å². The van der Waals surface area contributed by atoms with Crippen molar-refractivity contribution >= 4 is 105 Å². The maximum Gasteiger partial charge on any atom is 0.260 e. The molecule has 20 rings (SSSR count). The SMILES string of the molecule is Brc1c(Oc2ccc(-c3nc4ccccc4n3-c3ccccc3)cc2)cccc1Oc1ccc2c(c1)c1ccccc1n2-c1ccccn1.c1ccc(-n2c(-c3ccc4c(c3)B3c5cc6c(cc5Oc5cccc(c53)O4)c3ccccc3n6-c3ccccn3)nc3ccccc32)cc1. The van der Waals surface area contributed by atoms with Crippen LogP contribution < -0.4 is 35.3 Å². The summed E-state index contributed by atoms with van der Waals surface area (Å²) in [5.74, 6) is 9.54. The van der Waals surface area contributed by atoms with Gasteiger partial charge >= 0.3 is 0 Å². The molecular formula is C84H52BBrN8O4. The Labute approximate surface area is 570 Å². The van der Waals surface area contributed by atoms with Gasteiger partial charge in [0.15, 0.2) is 0 Å². The Kier molecular flexibility index (Phi) is 13.5. The van der Waals surface area contributed by atoms with Gasteiger partial charge in [0.05, 0.1) is 44.1 Å². The summed E-state index contributed by atoms with van der Waals surface area (Å²) in [7, 11) is 0. The largest absolute Gasteiger partial charge is 0.458 e. The van der Waals surface area contributed by atoms with Crippen LogP contribution in [0.1, 0.15) is 0 Å². The van der Waals surface area contributed by atoms with Crippen molar-refractivity contribution in [3.05, 3.63) is 320 Å². The van der Waals surface area contributed by atoms with Crippen LogP contribution in [0.25, 0.3) is 111 Å². The first-order chi connectivity index (χ1) is 48.5. The van der Waals surface area contributed by atoms with Gasteiger partial charge in [-0.3, -0.25) is 18.3 Å². The fourth-order valence-electron chi connectivity index (χ4n) is 14.2. The normalized spacial score (nSPS) is 12.1. The van der Waals surface area contributed by atoms with Crippen molar-refractivity contribution in [3.63, 3.8) is 0 Å². The van der Waals surface area contributed by atoms with E-state index in [2.05, 4.69) is 197 Å². The summed E-state index contributed by atoms with van der Waals surface area (Å²) in [6.45, 7) is -0.118. The molecule has 0 amide bonds. The van der Waals surface area contributed by atoms with E-state index in [1.165, 1.54) is 0 Å². The number of ether oxygens (including phenoxy) is 4. The highest BCUT2D eigenvalue weighted by atomic mass is 79.9. The Hall–Kier alpha value is -12.8. The van der Waals surface area contributed by atoms with Gasteiger partial charge in [0.1, 0.15) is 73.8 Å². The third kappa shape index (κ3) is 9.51. The first-order valence-corrected chi connectivity index (χ1v) is 33.2. The molecule has 2 aliphatic heterocycles. The molecule has 0 bridgehead atoms. The third-order valence-electron chi connectivity index (χ3n) is 18.5. The molecule has 18 aromatic rings. The average Bonchev–Trinajstić information content (AvgIpc) is 1.47. The summed E-state index contributed by atoms with van der Waals surface area (Å²) in [6, 6.07) is 103. The number of benzene rings is 12. The van der Waals surface area contributed by atoms with Crippen LogP contribution in [-0.2, 0) is 0 Å². The molecule has 0 atom stereocenters. The Morgan fingerprint density at radius 1 is 0.327 bits per heavy atom. The molecule has 0 saturated heterocycles. The quantitative estimate of drug-likeness (QED) is 0.125.